The van der Waals surface area contributed by atoms with Crippen LogP contribution >= 0.6 is 0 Å². The Hall–Kier alpha value is -4.12. The molecule has 3 aromatic rings. The average molecular weight is 614 g/mol. The number of nitrogens with zero attached hydrogens (tertiary/aromatic N) is 2. The van der Waals surface area contributed by atoms with Gasteiger partial charge >= 0.3 is 0 Å². The van der Waals surface area contributed by atoms with E-state index in [1.54, 1.807) is 6.92 Å². The lowest BCUT2D eigenvalue weighted by molar-refractivity contribution is -0.141. The number of amides is 2. The van der Waals surface area contributed by atoms with E-state index in [1.807, 2.05) is 52.0 Å². The van der Waals surface area contributed by atoms with Gasteiger partial charge in [-0.1, -0.05) is 36.8 Å². The van der Waals surface area contributed by atoms with E-state index in [9.17, 15) is 22.4 Å². The number of methoxy groups -OCH3 is 2. The fourth-order valence-electron chi connectivity index (χ4n) is 4.50. The van der Waals surface area contributed by atoms with Crippen LogP contribution in [0.5, 0.6) is 11.5 Å². The van der Waals surface area contributed by atoms with E-state index in [2.05, 4.69) is 5.32 Å². The van der Waals surface area contributed by atoms with Crippen LogP contribution in [0.25, 0.3) is 0 Å². The Balaban J connectivity index is 2.10. The van der Waals surface area contributed by atoms with Crippen molar-refractivity contribution < 1.29 is 31.9 Å². The van der Waals surface area contributed by atoms with E-state index in [0.29, 0.717) is 12.2 Å². The molecule has 0 fully saturated rings. The molecule has 0 heterocycles. The third-order valence-electron chi connectivity index (χ3n) is 6.69. The maximum absolute atomic E-state index is 14.2. The van der Waals surface area contributed by atoms with Gasteiger partial charge in [0.2, 0.25) is 11.8 Å². The smallest absolute Gasteiger partial charge is 0.264 e. The summed E-state index contributed by atoms with van der Waals surface area (Å²) in [4.78, 5) is 28.8. The molecule has 0 spiro atoms. The summed E-state index contributed by atoms with van der Waals surface area (Å²) in [5, 5.41) is 2.94. The van der Waals surface area contributed by atoms with Crippen molar-refractivity contribution in [2.24, 2.45) is 0 Å². The number of anilines is 1. The van der Waals surface area contributed by atoms with Gasteiger partial charge in [0.25, 0.3) is 10.0 Å². The van der Waals surface area contributed by atoms with Crippen LogP contribution in [0.1, 0.15) is 45.2 Å². The molecule has 232 valence electrons. The van der Waals surface area contributed by atoms with Crippen LogP contribution in [0, 0.1) is 12.7 Å². The van der Waals surface area contributed by atoms with Crippen LogP contribution < -0.4 is 19.1 Å². The highest BCUT2D eigenvalue weighted by Gasteiger charge is 2.35. The first kappa shape index (κ1) is 33.4. The number of rotatable bonds is 12. The van der Waals surface area contributed by atoms with E-state index in [0.717, 1.165) is 27.6 Å². The molecule has 2 amide bonds. The minimum Gasteiger partial charge on any atom is -0.493 e. The second-order valence-corrected chi connectivity index (χ2v) is 13.0. The summed E-state index contributed by atoms with van der Waals surface area (Å²) in [6.07, 6.45) is 0.290. The Morgan fingerprint density at radius 3 is 2.07 bits per heavy atom. The molecule has 0 saturated carbocycles. The van der Waals surface area contributed by atoms with Crippen molar-refractivity contribution in [1.29, 1.82) is 0 Å². The lowest BCUT2D eigenvalue weighted by Gasteiger charge is -2.34. The van der Waals surface area contributed by atoms with Crippen molar-refractivity contribution >= 4 is 27.5 Å². The summed E-state index contributed by atoms with van der Waals surface area (Å²) in [6.45, 7) is 8.69. The van der Waals surface area contributed by atoms with Gasteiger partial charge in [0, 0.05) is 18.2 Å². The molecule has 0 aliphatic heterocycles. The first-order valence-electron chi connectivity index (χ1n) is 13.9. The number of benzene rings is 3. The number of hydrogen-bond acceptors (Lipinski definition) is 6. The van der Waals surface area contributed by atoms with Crippen molar-refractivity contribution in [2.75, 3.05) is 25.1 Å². The summed E-state index contributed by atoms with van der Waals surface area (Å²) in [6, 6.07) is 15.5. The van der Waals surface area contributed by atoms with Gasteiger partial charge in [-0.3, -0.25) is 13.9 Å². The molecule has 0 aromatic heterocycles. The van der Waals surface area contributed by atoms with E-state index in [4.69, 9.17) is 9.47 Å². The molecular formula is C32H40FN3O6S. The number of halogens is 1. The van der Waals surface area contributed by atoms with Crippen molar-refractivity contribution in [3.8, 4) is 11.5 Å². The molecule has 0 aliphatic carbocycles. The van der Waals surface area contributed by atoms with Crippen LogP contribution in [0.15, 0.2) is 71.6 Å². The standard InChI is InChI=1S/C32H40FN3O6S/c1-8-27(31(38)34-32(3,4)5)35(20-23-11-9-22(2)10-12-23)30(37)21-36(25-15-13-24(33)14-16-25)43(39,40)26-17-18-28(41-6)29(19-26)42-7/h9-19,27H,8,20-21H2,1-7H3,(H,34,38)/t27-/m0/s1. The number of carbonyl (C=O) groups is 2. The summed E-state index contributed by atoms with van der Waals surface area (Å²) in [5.41, 5.74) is 1.33. The number of sulfonamides is 1. The van der Waals surface area contributed by atoms with Crippen molar-refractivity contribution in [3.63, 3.8) is 0 Å². The van der Waals surface area contributed by atoms with Crippen molar-refractivity contribution in [3.05, 3.63) is 83.7 Å². The molecule has 1 N–H and O–H groups in total. The number of hydrogen-bond donors (Lipinski definition) is 1. The Bertz CT molecular complexity index is 1520. The van der Waals surface area contributed by atoms with E-state index in [1.165, 1.54) is 49.5 Å². The second-order valence-electron chi connectivity index (χ2n) is 11.2. The summed E-state index contributed by atoms with van der Waals surface area (Å²) in [5.74, 6) is -1.02. The molecule has 3 rings (SSSR count). The van der Waals surface area contributed by atoms with E-state index in [-0.39, 0.29) is 28.8 Å². The SMILES string of the molecule is CC[C@@H](C(=O)NC(C)(C)C)N(Cc1ccc(C)cc1)C(=O)CN(c1ccc(F)cc1)S(=O)(=O)c1ccc(OC)c(OC)c1. The van der Waals surface area contributed by atoms with Gasteiger partial charge in [-0.2, -0.15) is 0 Å². The van der Waals surface area contributed by atoms with E-state index >= 15 is 0 Å². The highest BCUT2D eigenvalue weighted by atomic mass is 32.2. The monoisotopic (exact) mass is 613 g/mol. The molecular weight excluding hydrogens is 573 g/mol. The summed E-state index contributed by atoms with van der Waals surface area (Å²) >= 11 is 0. The Kier molecular flexibility index (Phi) is 10.8. The van der Waals surface area contributed by atoms with Crippen LogP contribution in [0.2, 0.25) is 0 Å². The van der Waals surface area contributed by atoms with Gasteiger partial charge in [0.05, 0.1) is 24.8 Å². The zero-order valence-corrected chi connectivity index (χ0v) is 26.5. The van der Waals surface area contributed by atoms with Gasteiger partial charge in [-0.05, 0) is 76.1 Å². The molecule has 0 aliphatic rings. The molecule has 0 saturated heterocycles. The Morgan fingerprint density at radius 1 is 0.930 bits per heavy atom. The predicted molar refractivity (Wildman–Crippen MR) is 164 cm³/mol. The third-order valence-corrected chi connectivity index (χ3v) is 8.46. The molecule has 0 radical (unpaired) electrons. The van der Waals surface area contributed by atoms with Gasteiger partial charge in [-0.15, -0.1) is 0 Å². The van der Waals surface area contributed by atoms with Gasteiger partial charge in [-0.25, -0.2) is 12.8 Å². The lowest BCUT2D eigenvalue weighted by Crippen LogP contribution is -2.55. The topological polar surface area (TPSA) is 105 Å². The zero-order valence-electron chi connectivity index (χ0n) is 25.7. The van der Waals surface area contributed by atoms with Crippen LogP contribution in [0.4, 0.5) is 10.1 Å². The van der Waals surface area contributed by atoms with Crippen molar-refractivity contribution in [2.45, 2.75) is 64.1 Å². The number of ether oxygens (including phenoxy) is 2. The molecule has 3 aromatic carbocycles. The zero-order chi connectivity index (χ0) is 31.9. The predicted octanol–water partition coefficient (Wildman–Crippen LogP) is 5.07. The number of aryl methyl sites for hydroxylation is 1. The lowest BCUT2D eigenvalue weighted by atomic mass is 10.1. The molecule has 11 heteroatoms. The number of nitrogens with one attached hydrogen (secondary N) is 1. The fourth-order valence-corrected chi connectivity index (χ4v) is 5.93. The summed E-state index contributed by atoms with van der Waals surface area (Å²) < 4.78 is 53.5. The molecule has 43 heavy (non-hydrogen) atoms. The third kappa shape index (κ3) is 8.47. The highest BCUT2D eigenvalue weighted by Crippen LogP contribution is 2.32. The van der Waals surface area contributed by atoms with Gasteiger partial charge in [0.15, 0.2) is 11.5 Å². The van der Waals surface area contributed by atoms with Crippen LogP contribution in [-0.2, 0) is 26.2 Å². The first-order chi connectivity index (χ1) is 20.2. The van der Waals surface area contributed by atoms with Gasteiger partial charge < -0.3 is 19.7 Å². The Morgan fingerprint density at radius 2 is 1.53 bits per heavy atom. The molecule has 0 bridgehead atoms. The molecule has 9 nitrogen and oxygen atoms in total. The average Bonchev–Trinajstić information content (AvgIpc) is 2.95. The quantitative estimate of drug-likeness (QED) is 0.306. The number of carbonyl (C=O) groups excluding carboxylic acids is 2. The van der Waals surface area contributed by atoms with Crippen molar-refractivity contribution in [1.82, 2.24) is 10.2 Å². The normalized spacial score (nSPS) is 12.3. The minimum absolute atomic E-state index is 0.0723. The molecule has 0 unspecified atom stereocenters. The van der Waals surface area contributed by atoms with E-state index < -0.39 is 39.9 Å². The second kappa shape index (κ2) is 13.9. The van der Waals surface area contributed by atoms with Crippen LogP contribution in [-0.4, -0.2) is 57.5 Å². The largest absolute Gasteiger partial charge is 0.493 e. The maximum atomic E-state index is 14.2. The fraction of sp³-hybridized carbons (Fsp3) is 0.375. The highest BCUT2D eigenvalue weighted by molar-refractivity contribution is 7.92. The maximum Gasteiger partial charge on any atom is 0.264 e. The minimum atomic E-state index is -4.39. The van der Waals surface area contributed by atoms with Gasteiger partial charge in [0.1, 0.15) is 18.4 Å². The first-order valence-corrected chi connectivity index (χ1v) is 15.3. The summed E-state index contributed by atoms with van der Waals surface area (Å²) in [7, 11) is -1.58. The molecule has 1 atom stereocenters. The van der Waals surface area contributed by atoms with Crippen LogP contribution in [0.3, 0.4) is 0 Å². The Labute approximate surface area is 253 Å².